The molecule has 0 fully saturated rings. The molecule has 1 rings (SSSR count). The van der Waals surface area contributed by atoms with Crippen LogP contribution in [0.3, 0.4) is 0 Å². The molecule has 0 aromatic heterocycles. The Kier molecular flexibility index (Phi) is 5.24. The Morgan fingerprint density at radius 2 is 1.95 bits per heavy atom. The number of amides is 1. The summed E-state index contributed by atoms with van der Waals surface area (Å²) in [5, 5.41) is 19.9. The molecule has 0 spiro atoms. The van der Waals surface area contributed by atoms with Crippen LogP contribution >= 0.6 is 0 Å². The summed E-state index contributed by atoms with van der Waals surface area (Å²) in [4.78, 5) is 35.3. The number of hydrogen-bond donors (Lipinski definition) is 1. The molecule has 0 aliphatic heterocycles. The fourth-order valence-electron chi connectivity index (χ4n) is 1.84. The van der Waals surface area contributed by atoms with Crippen LogP contribution in [0.2, 0.25) is 0 Å². The Labute approximate surface area is 128 Å². The number of anilines is 1. The fourth-order valence-corrected chi connectivity index (χ4v) is 1.84. The second kappa shape index (κ2) is 6.55. The molecule has 7 heteroatoms. The van der Waals surface area contributed by atoms with E-state index >= 15 is 0 Å². The summed E-state index contributed by atoms with van der Waals surface area (Å²) in [7, 11) is 0. The predicted molar refractivity (Wildman–Crippen MR) is 81.7 cm³/mol. The van der Waals surface area contributed by atoms with Crippen LogP contribution in [0.4, 0.5) is 11.4 Å². The first kappa shape index (κ1) is 17.6. The van der Waals surface area contributed by atoms with E-state index in [4.69, 9.17) is 5.11 Å². The van der Waals surface area contributed by atoms with Gasteiger partial charge in [0.05, 0.1) is 16.5 Å². The minimum atomic E-state index is -1.03. The van der Waals surface area contributed by atoms with Gasteiger partial charge in [-0.2, -0.15) is 0 Å². The highest BCUT2D eigenvalue weighted by Gasteiger charge is 2.31. The normalized spacial score (nSPS) is 12.5. The number of nitro benzene ring substituents is 1. The highest BCUT2D eigenvalue weighted by molar-refractivity contribution is 5.97. The number of nitro groups is 1. The standard InChI is InChI=1S/C15H20N2O5/c1-10(13(18)19)9-16(14(20)15(2,3)4)11-6-5-7-12(8-11)17(21)22/h5-8,10H,9H2,1-4H3,(H,18,19). The van der Waals surface area contributed by atoms with Gasteiger partial charge in [0, 0.05) is 24.1 Å². The fraction of sp³-hybridized carbons (Fsp3) is 0.467. The van der Waals surface area contributed by atoms with Crippen LogP contribution in [0.5, 0.6) is 0 Å². The summed E-state index contributed by atoms with van der Waals surface area (Å²) in [5.74, 6) is -2.11. The molecule has 0 aliphatic rings. The van der Waals surface area contributed by atoms with Crippen LogP contribution in [0.15, 0.2) is 24.3 Å². The molecule has 1 unspecified atom stereocenters. The molecular weight excluding hydrogens is 288 g/mol. The molecule has 0 heterocycles. The van der Waals surface area contributed by atoms with E-state index in [1.807, 2.05) is 0 Å². The third-order valence-corrected chi connectivity index (χ3v) is 3.12. The quantitative estimate of drug-likeness (QED) is 0.665. The van der Waals surface area contributed by atoms with Crippen molar-refractivity contribution in [3.05, 3.63) is 34.4 Å². The Balaban J connectivity index is 3.25. The number of nitrogens with zero attached hydrogens (tertiary/aromatic N) is 2. The third kappa shape index (κ3) is 4.28. The number of carbonyl (C=O) groups is 2. The average molecular weight is 308 g/mol. The number of aliphatic carboxylic acids is 1. The monoisotopic (exact) mass is 308 g/mol. The van der Waals surface area contributed by atoms with Crippen molar-refractivity contribution in [3.63, 3.8) is 0 Å². The first-order chi connectivity index (χ1) is 10.0. The van der Waals surface area contributed by atoms with Crippen molar-refractivity contribution in [2.24, 2.45) is 11.3 Å². The lowest BCUT2D eigenvalue weighted by Gasteiger charge is -2.30. The highest BCUT2D eigenvalue weighted by atomic mass is 16.6. The average Bonchev–Trinajstić information content (AvgIpc) is 2.42. The van der Waals surface area contributed by atoms with Gasteiger partial charge >= 0.3 is 5.97 Å². The molecule has 22 heavy (non-hydrogen) atoms. The van der Waals surface area contributed by atoms with Gasteiger partial charge in [-0.25, -0.2) is 0 Å². The number of carbonyl (C=O) groups excluding carboxylic acids is 1. The molecule has 0 aliphatic carbocycles. The van der Waals surface area contributed by atoms with Crippen molar-refractivity contribution in [2.45, 2.75) is 27.7 Å². The largest absolute Gasteiger partial charge is 0.481 e. The van der Waals surface area contributed by atoms with Crippen molar-refractivity contribution in [3.8, 4) is 0 Å². The van der Waals surface area contributed by atoms with Crippen LogP contribution in [-0.2, 0) is 9.59 Å². The van der Waals surface area contributed by atoms with Gasteiger partial charge in [0.25, 0.3) is 5.69 Å². The maximum atomic E-state index is 12.6. The maximum absolute atomic E-state index is 12.6. The van der Waals surface area contributed by atoms with Crippen molar-refractivity contribution in [2.75, 3.05) is 11.4 Å². The van der Waals surface area contributed by atoms with E-state index in [2.05, 4.69) is 0 Å². The lowest BCUT2D eigenvalue weighted by Crippen LogP contribution is -2.43. The van der Waals surface area contributed by atoms with Gasteiger partial charge in [0.15, 0.2) is 0 Å². The summed E-state index contributed by atoms with van der Waals surface area (Å²) >= 11 is 0. The van der Waals surface area contributed by atoms with E-state index in [-0.39, 0.29) is 18.1 Å². The summed E-state index contributed by atoms with van der Waals surface area (Å²) in [6, 6.07) is 5.63. The molecule has 1 N–H and O–H groups in total. The van der Waals surface area contributed by atoms with Crippen LogP contribution in [0.25, 0.3) is 0 Å². The number of rotatable bonds is 5. The maximum Gasteiger partial charge on any atom is 0.308 e. The summed E-state index contributed by atoms with van der Waals surface area (Å²) in [5.41, 5.74) is -0.558. The molecule has 7 nitrogen and oxygen atoms in total. The Bertz CT molecular complexity index is 592. The Morgan fingerprint density at radius 1 is 1.36 bits per heavy atom. The van der Waals surface area contributed by atoms with Gasteiger partial charge in [-0.05, 0) is 6.07 Å². The highest BCUT2D eigenvalue weighted by Crippen LogP contribution is 2.27. The lowest BCUT2D eigenvalue weighted by atomic mass is 9.93. The molecule has 1 amide bonds. The molecule has 120 valence electrons. The van der Waals surface area contributed by atoms with Crippen LogP contribution < -0.4 is 4.90 Å². The third-order valence-electron chi connectivity index (χ3n) is 3.12. The van der Waals surface area contributed by atoms with Crippen LogP contribution in [-0.4, -0.2) is 28.5 Å². The minimum absolute atomic E-state index is 0.0490. The zero-order valence-corrected chi connectivity index (χ0v) is 13.1. The van der Waals surface area contributed by atoms with Gasteiger partial charge in [-0.15, -0.1) is 0 Å². The molecule has 1 aromatic carbocycles. The lowest BCUT2D eigenvalue weighted by molar-refractivity contribution is -0.384. The summed E-state index contributed by atoms with van der Waals surface area (Å²) < 4.78 is 0. The van der Waals surface area contributed by atoms with E-state index in [0.717, 1.165) is 0 Å². The zero-order valence-electron chi connectivity index (χ0n) is 13.1. The smallest absolute Gasteiger partial charge is 0.308 e. The van der Waals surface area contributed by atoms with Crippen LogP contribution in [0.1, 0.15) is 27.7 Å². The topological polar surface area (TPSA) is 101 Å². The molecule has 0 saturated heterocycles. The zero-order chi connectivity index (χ0) is 17.1. The van der Waals surface area contributed by atoms with Gasteiger partial charge in [0.1, 0.15) is 0 Å². The van der Waals surface area contributed by atoms with Gasteiger partial charge < -0.3 is 10.0 Å². The molecular formula is C15H20N2O5. The molecule has 1 aromatic rings. The molecule has 0 radical (unpaired) electrons. The van der Waals surface area contributed by atoms with E-state index < -0.39 is 22.2 Å². The first-order valence-corrected chi connectivity index (χ1v) is 6.83. The minimum Gasteiger partial charge on any atom is -0.481 e. The summed E-state index contributed by atoms with van der Waals surface area (Å²) in [6.45, 7) is 6.58. The summed E-state index contributed by atoms with van der Waals surface area (Å²) in [6.07, 6.45) is 0. The number of carboxylic acid groups (broad SMARTS) is 1. The van der Waals surface area contributed by atoms with Gasteiger partial charge in [-0.1, -0.05) is 33.8 Å². The second-order valence-electron chi connectivity index (χ2n) is 6.18. The van der Waals surface area contributed by atoms with Crippen molar-refractivity contribution in [1.29, 1.82) is 0 Å². The number of carboxylic acids is 1. The Hall–Kier alpha value is -2.44. The van der Waals surface area contributed by atoms with Gasteiger partial charge in [-0.3, -0.25) is 19.7 Å². The number of benzene rings is 1. The first-order valence-electron chi connectivity index (χ1n) is 6.83. The Morgan fingerprint density at radius 3 is 2.41 bits per heavy atom. The molecule has 0 bridgehead atoms. The van der Waals surface area contributed by atoms with E-state index in [1.54, 1.807) is 26.8 Å². The van der Waals surface area contributed by atoms with Crippen molar-refractivity contribution in [1.82, 2.24) is 0 Å². The van der Waals surface area contributed by atoms with Gasteiger partial charge in [0.2, 0.25) is 5.91 Å². The van der Waals surface area contributed by atoms with Crippen molar-refractivity contribution >= 4 is 23.3 Å². The van der Waals surface area contributed by atoms with E-state index in [0.29, 0.717) is 5.69 Å². The van der Waals surface area contributed by atoms with E-state index in [9.17, 15) is 19.7 Å². The number of non-ortho nitro benzene ring substituents is 1. The second-order valence-corrected chi connectivity index (χ2v) is 6.18. The number of hydrogen-bond acceptors (Lipinski definition) is 4. The van der Waals surface area contributed by atoms with Crippen LogP contribution in [0, 0.1) is 21.4 Å². The SMILES string of the molecule is CC(CN(C(=O)C(C)(C)C)c1cccc([N+](=O)[O-])c1)C(=O)O. The predicted octanol–water partition coefficient (Wildman–Crippen LogP) is 2.69. The molecule has 1 atom stereocenters. The molecule has 0 saturated carbocycles. The van der Waals surface area contributed by atoms with E-state index in [1.165, 1.54) is 30.0 Å². The van der Waals surface area contributed by atoms with Crippen molar-refractivity contribution < 1.29 is 19.6 Å².